The van der Waals surface area contributed by atoms with Gasteiger partial charge in [0, 0.05) is 64.6 Å². The van der Waals surface area contributed by atoms with Crippen LogP contribution in [0.4, 0.5) is 14.9 Å². The molecule has 0 N–H and O–H groups in total. The second-order valence-corrected chi connectivity index (χ2v) is 6.71. The predicted octanol–water partition coefficient (Wildman–Crippen LogP) is 1.33. The van der Waals surface area contributed by atoms with E-state index in [-0.39, 0.29) is 11.9 Å². The molecule has 0 saturated carbocycles. The normalized spacial score (nSPS) is 19.9. The Bertz CT molecular complexity index is 570. The molecule has 138 valence electrons. The number of anilines is 1. The standard InChI is InChI=1S/C18H27FN4O2/c1-20-5-7-21(8-6-20)13-14-25-18(24)23-11-9-22(10-12-23)17-4-2-3-16(19)15-17/h2-4,15H,5-14H2,1H3. The molecule has 25 heavy (non-hydrogen) atoms. The zero-order chi connectivity index (χ0) is 17.6. The summed E-state index contributed by atoms with van der Waals surface area (Å²) in [6, 6.07) is 6.58. The van der Waals surface area contributed by atoms with E-state index in [1.165, 1.54) is 12.1 Å². The number of piperazine rings is 2. The minimum Gasteiger partial charge on any atom is -0.448 e. The van der Waals surface area contributed by atoms with Gasteiger partial charge in [0.15, 0.2) is 0 Å². The monoisotopic (exact) mass is 350 g/mol. The van der Waals surface area contributed by atoms with Gasteiger partial charge in [-0.2, -0.15) is 0 Å². The molecular formula is C18H27FN4O2. The average molecular weight is 350 g/mol. The number of halogens is 1. The molecule has 7 heteroatoms. The van der Waals surface area contributed by atoms with Crippen molar-refractivity contribution in [1.29, 1.82) is 0 Å². The maximum absolute atomic E-state index is 13.3. The maximum atomic E-state index is 13.3. The Morgan fingerprint density at radius 1 is 1.08 bits per heavy atom. The lowest BCUT2D eigenvalue weighted by molar-refractivity contribution is 0.0779. The Morgan fingerprint density at radius 2 is 1.80 bits per heavy atom. The molecule has 1 aromatic rings. The van der Waals surface area contributed by atoms with Crippen LogP contribution in [0.15, 0.2) is 24.3 Å². The van der Waals surface area contributed by atoms with E-state index in [0.717, 1.165) is 38.4 Å². The van der Waals surface area contributed by atoms with Crippen molar-refractivity contribution in [2.45, 2.75) is 0 Å². The molecule has 0 spiro atoms. The predicted molar refractivity (Wildman–Crippen MR) is 95.5 cm³/mol. The van der Waals surface area contributed by atoms with Crippen LogP contribution >= 0.6 is 0 Å². The summed E-state index contributed by atoms with van der Waals surface area (Å²) < 4.78 is 18.7. The quantitative estimate of drug-likeness (QED) is 0.819. The van der Waals surface area contributed by atoms with E-state index in [1.54, 1.807) is 11.0 Å². The van der Waals surface area contributed by atoms with Crippen molar-refractivity contribution in [3.05, 3.63) is 30.1 Å². The van der Waals surface area contributed by atoms with Gasteiger partial charge in [-0.1, -0.05) is 6.07 Å². The van der Waals surface area contributed by atoms with E-state index < -0.39 is 0 Å². The number of carbonyl (C=O) groups excluding carboxylic acids is 1. The fourth-order valence-electron chi connectivity index (χ4n) is 3.24. The van der Waals surface area contributed by atoms with Crippen molar-refractivity contribution in [2.24, 2.45) is 0 Å². The van der Waals surface area contributed by atoms with Gasteiger partial charge < -0.3 is 19.4 Å². The van der Waals surface area contributed by atoms with E-state index in [9.17, 15) is 9.18 Å². The van der Waals surface area contributed by atoms with Crippen LogP contribution in [0.25, 0.3) is 0 Å². The van der Waals surface area contributed by atoms with Crippen molar-refractivity contribution in [3.8, 4) is 0 Å². The molecule has 0 bridgehead atoms. The number of likely N-dealkylation sites (N-methyl/N-ethyl adjacent to an activating group) is 1. The molecule has 0 atom stereocenters. The molecule has 0 unspecified atom stereocenters. The molecule has 0 aliphatic carbocycles. The number of ether oxygens (including phenoxy) is 1. The van der Waals surface area contributed by atoms with Crippen molar-refractivity contribution in [2.75, 3.05) is 77.5 Å². The van der Waals surface area contributed by atoms with Crippen molar-refractivity contribution >= 4 is 11.8 Å². The lowest BCUT2D eigenvalue weighted by Crippen LogP contribution is -2.49. The average Bonchev–Trinajstić information content (AvgIpc) is 2.63. The molecule has 2 aliphatic heterocycles. The largest absolute Gasteiger partial charge is 0.448 e. The Balaban J connectivity index is 1.37. The highest BCUT2D eigenvalue weighted by Crippen LogP contribution is 2.17. The number of carbonyl (C=O) groups is 1. The third kappa shape index (κ3) is 5.06. The van der Waals surface area contributed by atoms with Gasteiger partial charge in [-0.3, -0.25) is 4.90 Å². The Hall–Kier alpha value is -1.86. The van der Waals surface area contributed by atoms with E-state index in [0.29, 0.717) is 32.8 Å². The minimum atomic E-state index is -0.243. The SMILES string of the molecule is CN1CCN(CCOC(=O)N2CCN(c3cccc(F)c3)CC2)CC1. The summed E-state index contributed by atoms with van der Waals surface area (Å²) in [6.45, 7) is 8.00. The summed E-state index contributed by atoms with van der Waals surface area (Å²) in [5, 5.41) is 0. The van der Waals surface area contributed by atoms with Crippen molar-refractivity contribution < 1.29 is 13.9 Å². The van der Waals surface area contributed by atoms with E-state index in [2.05, 4.69) is 21.7 Å². The highest BCUT2D eigenvalue weighted by atomic mass is 19.1. The minimum absolute atomic E-state index is 0.233. The molecule has 2 fully saturated rings. The van der Waals surface area contributed by atoms with Gasteiger partial charge in [0.2, 0.25) is 0 Å². The summed E-state index contributed by atoms with van der Waals surface area (Å²) in [5.41, 5.74) is 0.864. The second-order valence-electron chi connectivity index (χ2n) is 6.71. The molecule has 1 aromatic carbocycles. The summed E-state index contributed by atoms with van der Waals surface area (Å²) in [5.74, 6) is -0.233. The number of hydrogen-bond acceptors (Lipinski definition) is 5. The molecule has 0 radical (unpaired) electrons. The first-order valence-corrected chi connectivity index (χ1v) is 8.95. The van der Waals surface area contributed by atoms with E-state index >= 15 is 0 Å². The molecule has 2 heterocycles. The lowest BCUT2D eigenvalue weighted by Gasteiger charge is -2.36. The van der Waals surface area contributed by atoms with Gasteiger partial charge in [0.25, 0.3) is 0 Å². The highest BCUT2D eigenvalue weighted by Gasteiger charge is 2.23. The topological polar surface area (TPSA) is 39.3 Å². The Kier molecular flexibility index (Phi) is 6.09. The third-order valence-corrected chi connectivity index (χ3v) is 4.94. The first-order chi connectivity index (χ1) is 12.1. The van der Waals surface area contributed by atoms with Crippen LogP contribution in [0, 0.1) is 5.82 Å². The van der Waals surface area contributed by atoms with Crippen molar-refractivity contribution in [3.63, 3.8) is 0 Å². The highest BCUT2D eigenvalue weighted by molar-refractivity contribution is 5.68. The molecule has 6 nitrogen and oxygen atoms in total. The van der Waals surface area contributed by atoms with Gasteiger partial charge >= 0.3 is 6.09 Å². The van der Waals surface area contributed by atoms with Crippen LogP contribution in [0.5, 0.6) is 0 Å². The van der Waals surface area contributed by atoms with Gasteiger partial charge in [-0.15, -0.1) is 0 Å². The smallest absolute Gasteiger partial charge is 0.409 e. The number of hydrogen-bond donors (Lipinski definition) is 0. The van der Waals surface area contributed by atoms with Gasteiger partial charge in [0.1, 0.15) is 12.4 Å². The maximum Gasteiger partial charge on any atom is 0.409 e. The molecule has 3 rings (SSSR count). The zero-order valence-corrected chi connectivity index (χ0v) is 14.9. The fourth-order valence-corrected chi connectivity index (χ4v) is 3.24. The fraction of sp³-hybridized carbons (Fsp3) is 0.611. The molecular weight excluding hydrogens is 323 g/mol. The van der Waals surface area contributed by atoms with Gasteiger partial charge in [0.05, 0.1) is 0 Å². The van der Waals surface area contributed by atoms with Crippen LogP contribution in [-0.2, 0) is 4.74 Å². The van der Waals surface area contributed by atoms with Crippen LogP contribution in [0.3, 0.4) is 0 Å². The Morgan fingerprint density at radius 3 is 2.48 bits per heavy atom. The molecule has 1 amide bonds. The van der Waals surface area contributed by atoms with Crippen LogP contribution in [0.1, 0.15) is 0 Å². The summed E-state index contributed by atoms with van der Waals surface area (Å²) in [6.07, 6.45) is -0.243. The number of benzene rings is 1. The summed E-state index contributed by atoms with van der Waals surface area (Å²) in [7, 11) is 2.13. The third-order valence-electron chi connectivity index (χ3n) is 4.94. The molecule has 2 aliphatic rings. The summed E-state index contributed by atoms with van der Waals surface area (Å²) in [4.78, 5) is 20.7. The molecule has 0 aromatic heterocycles. The first-order valence-electron chi connectivity index (χ1n) is 8.95. The van der Waals surface area contributed by atoms with Crippen LogP contribution < -0.4 is 4.90 Å². The summed E-state index contributed by atoms with van der Waals surface area (Å²) >= 11 is 0. The zero-order valence-electron chi connectivity index (χ0n) is 14.9. The van der Waals surface area contributed by atoms with Crippen LogP contribution in [0.2, 0.25) is 0 Å². The lowest BCUT2D eigenvalue weighted by atomic mass is 10.2. The molecule has 2 saturated heterocycles. The van der Waals surface area contributed by atoms with E-state index in [4.69, 9.17) is 4.74 Å². The van der Waals surface area contributed by atoms with Crippen molar-refractivity contribution in [1.82, 2.24) is 14.7 Å². The number of amides is 1. The van der Waals surface area contributed by atoms with Crippen LogP contribution in [-0.4, -0.2) is 93.4 Å². The number of rotatable bonds is 4. The van der Waals surface area contributed by atoms with Gasteiger partial charge in [-0.25, -0.2) is 9.18 Å². The van der Waals surface area contributed by atoms with Gasteiger partial charge in [-0.05, 0) is 25.2 Å². The van der Waals surface area contributed by atoms with E-state index in [1.807, 2.05) is 6.07 Å². The first kappa shape index (κ1) is 17.9. The number of nitrogens with zero attached hydrogens (tertiary/aromatic N) is 4. The Labute approximate surface area is 148 Å². The second kappa shape index (κ2) is 8.49.